The monoisotopic (exact) mass is 390 g/mol. The fourth-order valence-electron chi connectivity index (χ4n) is 3.01. The first-order valence-corrected chi connectivity index (χ1v) is 9.72. The maximum Gasteiger partial charge on any atom is 0.328 e. The average Bonchev–Trinajstić information content (AvgIpc) is 2.74. The maximum absolute atomic E-state index is 13.1. The lowest BCUT2D eigenvalue weighted by molar-refractivity contribution is -0.164. The molecular formula is C25H26O4. The van der Waals surface area contributed by atoms with E-state index in [1.807, 2.05) is 43.3 Å². The average molecular weight is 390 g/mol. The Kier molecular flexibility index (Phi) is 8.24. The van der Waals surface area contributed by atoms with E-state index in [4.69, 9.17) is 9.47 Å². The van der Waals surface area contributed by atoms with Crippen molar-refractivity contribution >= 4 is 11.9 Å². The van der Waals surface area contributed by atoms with E-state index < -0.39 is 17.4 Å². The number of rotatable bonds is 7. The molecule has 0 aliphatic rings. The first-order chi connectivity index (χ1) is 14.1. The van der Waals surface area contributed by atoms with Gasteiger partial charge in [-0.05, 0) is 51.0 Å². The lowest BCUT2D eigenvalue weighted by Gasteiger charge is -2.29. The van der Waals surface area contributed by atoms with Crippen LogP contribution in [-0.4, -0.2) is 25.2 Å². The second kappa shape index (κ2) is 10.9. The van der Waals surface area contributed by atoms with E-state index >= 15 is 0 Å². The highest BCUT2D eigenvalue weighted by atomic mass is 16.6. The molecule has 0 aliphatic heterocycles. The zero-order valence-corrected chi connectivity index (χ0v) is 17.1. The van der Waals surface area contributed by atoms with Crippen LogP contribution >= 0.6 is 0 Å². The summed E-state index contributed by atoms with van der Waals surface area (Å²) in [6.07, 6.45) is 3.70. The minimum atomic E-state index is -1.61. The zero-order valence-electron chi connectivity index (χ0n) is 17.1. The van der Waals surface area contributed by atoms with Crippen molar-refractivity contribution < 1.29 is 19.1 Å². The van der Waals surface area contributed by atoms with Gasteiger partial charge >= 0.3 is 11.9 Å². The molecule has 0 atom stereocenters. The van der Waals surface area contributed by atoms with Crippen molar-refractivity contribution in [3.63, 3.8) is 0 Å². The van der Waals surface area contributed by atoms with Gasteiger partial charge in [-0.1, -0.05) is 60.4 Å². The topological polar surface area (TPSA) is 52.6 Å². The molecule has 0 fully saturated rings. The van der Waals surface area contributed by atoms with Gasteiger partial charge in [-0.15, -0.1) is 0 Å². The summed E-state index contributed by atoms with van der Waals surface area (Å²) < 4.78 is 10.6. The van der Waals surface area contributed by atoms with Crippen molar-refractivity contribution in [1.29, 1.82) is 0 Å². The Morgan fingerprint density at radius 3 is 2.07 bits per heavy atom. The van der Waals surface area contributed by atoms with Crippen LogP contribution in [0.4, 0.5) is 0 Å². The van der Waals surface area contributed by atoms with Gasteiger partial charge in [-0.2, -0.15) is 0 Å². The Hall–Kier alpha value is -3.32. The van der Waals surface area contributed by atoms with Gasteiger partial charge in [0.25, 0.3) is 0 Å². The zero-order chi connectivity index (χ0) is 21.1. The van der Waals surface area contributed by atoms with Crippen LogP contribution in [0.3, 0.4) is 0 Å². The molecule has 0 spiro atoms. The van der Waals surface area contributed by atoms with Crippen molar-refractivity contribution in [3.05, 3.63) is 83.4 Å². The maximum atomic E-state index is 13.1. The van der Waals surface area contributed by atoms with E-state index in [1.54, 1.807) is 44.2 Å². The fraction of sp³-hybridized carbons (Fsp3) is 0.280. The van der Waals surface area contributed by atoms with E-state index in [9.17, 15) is 9.59 Å². The Balaban J connectivity index is 2.68. The molecule has 29 heavy (non-hydrogen) atoms. The predicted molar refractivity (Wildman–Crippen MR) is 113 cm³/mol. The molecule has 0 radical (unpaired) electrons. The molecule has 4 nitrogen and oxygen atoms in total. The van der Waals surface area contributed by atoms with Crippen molar-refractivity contribution in [3.8, 4) is 11.8 Å². The molecule has 2 aromatic carbocycles. The lowest BCUT2D eigenvalue weighted by Crippen LogP contribution is -2.46. The number of benzene rings is 2. The van der Waals surface area contributed by atoms with Crippen LogP contribution in [-0.2, 0) is 24.5 Å². The minimum absolute atomic E-state index is 0.130. The van der Waals surface area contributed by atoms with Gasteiger partial charge in [0.2, 0.25) is 0 Å². The lowest BCUT2D eigenvalue weighted by atomic mass is 9.75. The van der Waals surface area contributed by atoms with Crippen LogP contribution in [0, 0.1) is 11.8 Å². The first-order valence-electron chi connectivity index (χ1n) is 9.72. The van der Waals surface area contributed by atoms with Crippen molar-refractivity contribution in [1.82, 2.24) is 0 Å². The van der Waals surface area contributed by atoms with Gasteiger partial charge in [0.1, 0.15) is 0 Å². The molecule has 0 heterocycles. The third-order valence-corrected chi connectivity index (χ3v) is 4.41. The van der Waals surface area contributed by atoms with Crippen molar-refractivity contribution in [2.45, 2.75) is 32.6 Å². The van der Waals surface area contributed by atoms with Crippen LogP contribution in [0.15, 0.2) is 66.7 Å². The van der Waals surface area contributed by atoms with Gasteiger partial charge in [0.15, 0.2) is 5.41 Å². The highest BCUT2D eigenvalue weighted by Gasteiger charge is 2.50. The number of ether oxygens (including phenoxy) is 2. The quantitative estimate of drug-likeness (QED) is 0.304. The second-order valence-electron chi connectivity index (χ2n) is 6.28. The van der Waals surface area contributed by atoms with Crippen molar-refractivity contribution in [2.24, 2.45) is 0 Å². The normalized spacial score (nSPS) is 10.9. The molecule has 4 heteroatoms. The summed E-state index contributed by atoms with van der Waals surface area (Å²) in [6.45, 7) is 5.58. The highest BCUT2D eigenvalue weighted by Crippen LogP contribution is 2.34. The minimum Gasteiger partial charge on any atom is -0.465 e. The van der Waals surface area contributed by atoms with Crippen molar-refractivity contribution in [2.75, 3.05) is 13.2 Å². The molecule has 0 saturated heterocycles. The van der Waals surface area contributed by atoms with E-state index in [-0.39, 0.29) is 19.6 Å². The molecule has 0 saturated carbocycles. The molecule has 150 valence electrons. The standard InChI is InChI=1S/C25H26O4/c1-4-7-19-25(23(26)28-5-2,24(27)29-6-3)22-16-12-11-15-21(22)18-17-20-13-9-8-10-14-20/h4,7-16H,5-6,19H2,1-3H3/b7-4+. The molecule has 2 rings (SSSR count). The molecule has 0 N–H and O–H groups in total. The second-order valence-corrected chi connectivity index (χ2v) is 6.28. The molecular weight excluding hydrogens is 364 g/mol. The molecule has 0 amide bonds. The van der Waals surface area contributed by atoms with Crippen LogP contribution in [0.1, 0.15) is 43.9 Å². The van der Waals surface area contributed by atoms with Crippen LogP contribution in [0.5, 0.6) is 0 Å². The number of hydrogen-bond donors (Lipinski definition) is 0. The Bertz CT molecular complexity index is 899. The third kappa shape index (κ3) is 5.14. The number of esters is 2. The largest absolute Gasteiger partial charge is 0.465 e. The number of carbonyl (C=O) groups excluding carboxylic acids is 2. The fourth-order valence-corrected chi connectivity index (χ4v) is 3.01. The summed E-state index contributed by atoms with van der Waals surface area (Å²) in [6, 6.07) is 16.7. The summed E-state index contributed by atoms with van der Waals surface area (Å²) in [5.74, 6) is 4.95. The van der Waals surface area contributed by atoms with Crippen LogP contribution in [0.2, 0.25) is 0 Å². The number of hydrogen-bond acceptors (Lipinski definition) is 4. The van der Waals surface area contributed by atoms with E-state index in [2.05, 4.69) is 11.8 Å². The summed E-state index contributed by atoms with van der Waals surface area (Å²) in [5, 5.41) is 0. The Morgan fingerprint density at radius 1 is 0.897 bits per heavy atom. The van der Waals surface area contributed by atoms with E-state index in [0.717, 1.165) is 5.56 Å². The van der Waals surface area contributed by atoms with Gasteiger partial charge in [-0.25, -0.2) is 0 Å². The van der Waals surface area contributed by atoms with Crippen LogP contribution in [0.25, 0.3) is 0 Å². The summed E-state index contributed by atoms with van der Waals surface area (Å²) in [4.78, 5) is 26.2. The molecule has 2 aromatic rings. The third-order valence-electron chi connectivity index (χ3n) is 4.41. The summed E-state index contributed by atoms with van der Waals surface area (Å²) in [5.41, 5.74) is 0.301. The summed E-state index contributed by atoms with van der Waals surface area (Å²) in [7, 11) is 0. The molecule has 0 unspecified atom stereocenters. The Labute approximate surface area is 172 Å². The first kappa shape index (κ1) is 22.0. The van der Waals surface area contributed by atoms with Gasteiger partial charge in [-0.3, -0.25) is 9.59 Å². The van der Waals surface area contributed by atoms with Gasteiger partial charge < -0.3 is 9.47 Å². The Morgan fingerprint density at radius 2 is 1.48 bits per heavy atom. The smallest absolute Gasteiger partial charge is 0.328 e. The van der Waals surface area contributed by atoms with E-state index in [0.29, 0.717) is 11.1 Å². The SMILES string of the molecule is C/C=C/CC(C(=O)OCC)(C(=O)OCC)c1ccccc1C#Cc1ccccc1. The predicted octanol–water partition coefficient (Wildman–Crippen LogP) is 4.42. The number of carbonyl (C=O) groups is 2. The van der Waals surface area contributed by atoms with E-state index in [1.165, 1.54) is 0 Å². The van der Waals surface area contributed by atoms with Gasteiger partial charge in [0.05, 0.1) is 13.2 Å². The highest BCUT2D eigenvalue weighted by molar-refractivity contribution is 6.07. The molecule has 0 aromatic heterocycles. The number of allylic oxidation sites excluding steroid dienone is 2. The summed E-state index contributed by atoms with van der Waals surface area (Å²) >= 11 is 0. The van der Waals surface area contributed by atoms with Crippen LogP contribution < -0.4 is 0 Å². The molecule has 0 aliphatic carbocycles. The van der Waals surface area contributed by atoms with Gasteiger partial charge in [0, 0.05) is 11.1 Å². The molecule has 0 bridgehead atoms.